The zero-order chi connectivity index (χ0) is 8.84. The fourth-order valence-electron chi connectivity index (χ4n) is 1.97. The molecule has 1 nitrogen and oxygen atoms in total. The molecule has 1 aromatic carbocycles. The molecule has 1 radical (unpaired) electrons. The van der Waals surface area contributed by atoms with E-state index in [2.05, 4.69) is 25.1 Å². The molecule has 0 bridgehead atoms. The maximum atomic E-state index is 5.35. The van der Waals surface area contributed by atoms with Crippen LogP contribution in [0.25, 0.3) is 11.0 Å². The van der Waals surface area contributed by atoms with Crippen molar-refractivity contribution >= 4 is 11.0 Å². The zero-order valence-electron chi connectivity index (χ0n) is 7.36. The highest BCUT2D eigenvalue weighted by Gasteiger charge is 2.35. The number of benzene rings is 1. The number of rotatable bonds is 1. The van der Waals surface area contributed by atoms with E-state index in [1.165, 1.54) is 17.4 Å². The van der Waals surface area contributed by atoms with Crippen molar-refractivity contribution in [2.45, 2.75) is 12.3 Å². The summed E-state index contributed by atoms with van der Waals surface area (Å²) in [7, 11) is 0. The molecule has 1 heteroatoms. The van der Waals surface area contributed by atoms with Crippen molar-refractivity contribution in [2.75, 3.05) is 0 Å². The van der Waals surface area contributed by atoms with Crippen LogP contribution in [0.4, 0.5) is 0 Å². The molecule has 65 valence electrons. The van der Waals surface area contributed by atoms with Crippen molar-refractivity contribution in [3.63, 3.8) is 0 Å². The number of hydrogen-bond acceptors (Lipinski definition) is 1. The van der Waals surface area contributed by atoms with E-state index in [-0.39, 0.29) is 0 Å². The van der Waals surface area contributed by atoms with Crippen LogP contribution in [-0.2, 0) is 0 Å². The molecule has 0 amide bonds. The molecule has 3 rings (SSSR count). The maximum Gasteiger partial charge on any atom is 0.134 e. The molecule has 2 unspecified atom stereocenters. The predicted molar refractivity (Wildman–Crippen MR) is 52.4 cm³/mol. The highest BCUT2D eigenvalue weighted by Crippen LogP contribution is 2.48. The number of furan rings is 1. The fraction of sp³-hybridized carbons (Fsp3) is 0.250. The van der Waals surface area contributed by atoms with Gasteiger partial charge in [0.1, 0.15) is 5.58 Å². The Balaban J connectivity index is 2.22. The molecule has 0 aliphatic heterocycles. The van der Waals surface area contributed by atoms with Gasteiger partial charge in [0.15, 0.2) is 0 Å². The average Bonchev–Trinajstić information content (AvgIpc) is 2.66. The van der Waals surface area contributed by atoms with Crippen molar-refractivity contribution in [2.24, 2.45) is 5.92 Å². The largest absolute Gasteiger partial charge is 0.464 e. The average molecular weight is 171 g/mol. The second kappa shape index (κ2) is 2.38. The normalized spacial score (nSPS) is 26.5. The molecule has 0 saturated heterocycles. The number of fused-ring (bicyclic) bond motifs is 1. The molecule has 1 aromatic heterocycles. The van der Waals surface area contributed by atoms with Gasteiger partial charge in [0.05, 0.1) is 6.26 Å². The monoisotopic (exact) mass is 171 g/mol. The van der Waals surface area contributed by atoms with Gasteiger partial charge in [-0.15, -0.1) is 0 Å². The van der Waals surface area contributed by atoms with Gasteiger partial charge >= 0.3 is 0 Å². The molecule has 1 heterocycles. The minimum atomic E-state index is 0.612. The minimum absolute atomic E-state index is 0.612. The Hall–Kier alpha value is -1.24. The lowest BCUT2D eigenvalue weighted by Gasteiger charge is -1.99. The summed E-state index contributed by atoms with van der Waals surface area (Å²) in [6.45, 7) is 4.07. The second-order valence-corrected chi connectivity index (χ2v) is 3.78. The smallest absolute Gasteiger partial charge is 0.134 e. The lowest BCUT2D eigenvalue weighted by molar-refractivity contribution is 0.615. The first-order chi connectivity index (χ1) is 6.36. The molecule has 0 N–H and O–H groups in total. The summed E-state index contributed by atoms with van der Waals surface area (Å²) in [5.41, 5.74) is 2.41. The topological polar surface area (TPSA) is 13.1 Å². The summed E-state index contributed by atoms with van der Waals surface area (Å²) in [6.07, 6.45) is 2.99. The third-order valence-corrected chi connectivity index (χ3v) is 2.85. The summed E-state index contributed by atoms with van der Waals surface area (Å²) in [4.78, 5) is 0. The van der Waals surface area contributed by atoms with E-state index in [9.17, 15) is 0 Å². The maximum absolute atomic E-state index is 5.35. The Bertz CT molecular complexity index is 441. The van der Waals surface area contributed by atoms with E-state index in [1.807, 2.05) is 6.07 Å². The molecule has 2 aromatic rings. The first kappa shape index (κ1) is 7.19. The van der Waals surface area contributed by atoms with Gasteiger partial charge in [0.2, 0.25) is 0 Å². The standard InChI is InChI=1S/C12H11O/c1-8-7-11(8)9-3-2-4-12-10(9)5-6-13-12/h2-6,8,11H,1,7H2. The summed E-state index contributed by atoms with van der Waals surface area (Å²) < 4.78 is 5.35. The third-order valence-electron chi connectivity index (χ3n) is 2.85. The zero-order valence-corrected chi connectivity index (χ0v) is 7.36. The summed E-state index contributed by atoms with van der Waals surface area (Å²) in [5, 5.41) is 1.26. The lowest BCUT2D eigenvalue weighted by Crippen LogP contribution is -1.81. The Morgan fingerprint density at radius 3 is 2.92 bits per heavy atom. The van der Waals surface area contributed by atoms with Crippen LogP contribution >= 0.6 is 0 Å². The van der Waals surface area contributed by atoms with Crippen molar-refractivity contribution in [3.8, 4) is 0 Å². The fourth-order valence-corrected chi connectivity index (χ4v) is 1.97. The van der Waals surface area contributed by atoms with Crippen molar-refractivity contribution < 1.29 is 4.42 Å². The highest BCUT2D eigenvalue weighted by molar-refractivity contribution is 5.81. The molecule has 1 fully saturated rings. The van der Waals surface area contributed by atoms with Crippen LogP contribution in [0.1, 0.15) is 17.9 Å². The van der Waals surface area contributed by atoms with Gasteiger partial charge < -0.3 is 4.42 Å². The van der Waals surface area contributed by atoms with Crippen LogP contribution < -0.4 is 0 Å². The Labute approximate surface area is 77.4 Å². The Kier molecular flexibility index (Phi) is 1.32. The van der Waals surface area contributed by atoms with Gasteiger partial charge in [0.25, 0.3) is 0 Å². The van der Waals surface area contributed by atoms with Gasteiger partial charge in [-0.05, 0) is 42.9 Å². The van der Waals surface area contributed by atoms with Gasteiger partial charge in [-0.3, -0.25) is 0 Å². The van der Waals surface area contributed by atoms with Gasteiger partial charge in [0, 0.05) is 5.39 Å². The molecule has 0 spiro atoms. The highest BCUT2D eigenvalue weighted by atomic mass is 16.3. The van der Waals surface area contributed by atoms with E-state index >= 15 is 0 Å². The first-order valence-corrected chi connectivity index (χ1v) is 4.65. The van der Waals surface area contributed by atoms with Gasteiger partial charge in [-0.1, -0.05) is 12.1 Å². The van der Waals surface area contributed by atoms with Crippen LogP contribution in [-0.4, -0.2) is 0 Å². The van der Waals surface area contributed by atoms with E-state index < -0.39 is 0 Å². The predicted octanol–water partition coefficient (Wildman–Crippen LogP) is 3.37. The minimum Gasteiger partial charge on any atom is -0.464 e. The van der Waals surface area contributed by atoms with E-state index in [4.69, 9.17) is 4.42 Å². The van der Waals surface area contributed by atoms with Crippen molar-refractivity contribution in [1.29, 1.82) is 0 Å². The van der Waals surface area contributed by atoms with E-state index in [0.717, 1.165) is 5.58 Å². The number of hydrogen-bond donors (Lipinski definition) is 0. The van der Waals surface area contributed by atoms with Crippen LogP contribution in [0.15, 0.2) is 34.9 Å². The molecule has 1 saturated carbocycles. The Morgan fingerprint density at radius 1 is 1.31 bits per heavy atom. The van der Waals surface area contributed by atoms with Gasteiger partial charge in [-0.2, -0.15) is 0 Å². The molecular weight excluding hydrogens is 160 g/mol. The van der Waals surface area contributed by atoms with Crippen molar-refractivity contribution in [3.05, 3.63) is 43.0 Å². The van der Waals surface area contributed by atoms with E-state index in [0.29, 0.717) is 11.8 Å². The Morgan fingerprint density at radius 2 is 2.15 bits per heavy atom. The quantitative estimate of drug-likeness (QED) is 0.641. The molecule has 1 aliphatic carbocycles. The summed E-state index contributed by atoms with van der Waals surface area (Å²) >= 11 is 0. The molecule has 1 aliphatic rings. The second-order valence-electron chi connectivity index (χ2n) is 3.78. The summed E-state index contributed by atoms with van der Waals surface area (Å²) in [6, 6.07) is 8.31. The van der Waals surface area contributed by atoms with Crippen LogP contribution in [0, 0.1) is 12.8 Å². The molecule has 13 heavy (non-hydrogen) atoms. The van der Waals surface area contributed by atoms with Crippen LogP contribution in [0.2, 0.25) is 0 Å². The first-order valence-electron chi connectivity index (χ1n) is 4.65. The van der Waals surface area contributed by atoms with Crippen LogP contribution in [0.3, 0.4) is 0 Å². The lowest BCUT2D eigenvalue weighted by atomic mass is 10.1. The van der Waals surface area contributed by atoms with E-state index in [1.54, 1.807) is 6.26 Å². The molecule has 2 atom stereocenters. The third kappa shape index (κ3) is 0.998. The SMILES string of the molecule is [CH2]C1CC1c1cccc2occc12. The summed E-state index contributed by atoms with van der Waals surface area (Å²) in [5.74, 6) is 1.28. The van der Waals surface area contributed by atoms with Gasteiger partial charge in [-0.25, -0.2) is 0 Å². The van der Waals surface area contributed by atoms with Crippen LogP contribution in [0.5, 0.6) is 0 Å². The van der Waals surface area contributed by atoms with Crippen molar-refractivity contribution in [1.82, 2.24) is 0 Å². The molecular formula is C12H11O.